The zero-order chi connectivity index (χ0) is 22.3. The molecule has 2 saturated heterocycles. The quantitative estimate of drug-likeness (QED) is 0.441. The van der Waals surface area contributed by atoms with Gasteiger partial charge in [0.05, 0.1) is 35.0 Å². The molecule has 4 aromatic rings. The van der Waals surface area contributed by atoms with Crippen LogP contribution in [0.15, 0.2) is 18.5 Å². The third-order valence-corrected chi connectivity index (χ3v) is 7.24. The summed E-state index contributed by atoms with van der Waals surface area (Å²) in [5, 5.41) is 8.49. The van der Waals surface area contributed by atoms with Gasteiger partial charge in [-0.2, -0.15) is 9.97 Å². The lowest BCUT2D eigenvalue weighted by molar-refractivity contribution is 0.187. The maximum atomic E-state index is 15.4. The van der Waals surface area contributed by atoms with Crippen LogP contribution in [0.2, 0.25) is 0 Å². The van der Waals surface area contributed by atoms with Gasteiger partial charge < -0.3 is 25.3 Å². The number of anilines is 2. The van der Waals surface area contributed by atoms with Crippen molar-refractivity contribution < 1.29 is 9.13 Å². The molecule has 3 atom stereocenters. The van der Waals surface area contributed by atoms with Crippen LogP contribution < -0.4 is 20.3 Å². The van der Waals surface area contributed by atoms with Crippen LogP contribution >= 0.6 is 0 Å². The van der Waals surface area contributed by atoms with Crippen LogP contribution in [-0.2, 0) is 6.42 Å². The predicted molar refractivity (Wildman–Crippen MR) is 123 cm³/mol. The molecule has 0 spiro atoms. The molecule has 9 nitrogen and oxygen atoms in total. The van der Waals surface area contributed by atoms with E-state index in [1.807, 2.05) is 6.92 Å². The van der Waals surface area contributed by atoms with Gasteiger partial charge in [-0.25, -0.2) is 14.4 Å². The standard InChI is InChI=1S/C23H23FN8O/c1-10-27-8-11(9-28-10)33-23-30-21-18-17-12(13(24)7-14(25-2)19(17)29-21)6-16-20-15(4-3-5-26-20)32(16)22(18)31-23/h7-9,15-16,20,25-26H,3-6H2,1-2H3,(H,29,30,31)/t15-,16-,20+/m0/s1. The number of aromatic amines is 1. The van der Waals surface area contributed by atoms with E-state index in [2.05, 4.69) is 35.5 Å². The molecular formula is C23H23FN8O. The minimum absolute atomic E-state index is 0.134. The van der Waals surface area contributed by atoms with Crippen molar-refractivity contribution in [3.05, 3.63) is 35.7 Å². The van der Waals surface area contributed by atoms with Crippen molar-refractivity contribution >= 4 is 33.4 Å². The largest absolute Gasteiger partial charge is 0.421 e. The summed E-state index contributed by atoms with van der Waals surface area (Å²) in [5.74, 6) is 1.74. The summed E-state index contributed by atoms with van der Waals surface area (Å²) >= 11 is 0. The van der Waals surface area contributed by atoms with Crippen molar-refractivity contribution in [2.75, 3.05) is 23.8 Å². The van der Waals surface area contributed by atoms with E-state index in [0.29, 0.717) is 41.4 Å². The normalized spacial score (nSPS) is 23.2. The summed E-state index contributed by atoms with van der Waals surface area (Å²) in [7, 11) is 1.79. The lowest BCUT2D eigenvalue weighted by Crippen LogP contribution is -2.75. The molecule has 3 aromatic heterocycles. The molecule has 2 fully saturated rings. The van der Waals surface area contributed by atoms with Crippen molar-refractivity contribution in [2.45, 2.75) is 44.3 Å². The summed E-state index contributed by atoms with van der Waals surface area (Å²) in [5.41, 5.74) is 2.89. The number of nitrogens with zero attached hydrogens (tertiary/aromatic N) is 5. The highest BCUT2D eigenvalue weighted by molar-refractivity contribution is 6.17. The summed E-state index contributed by atoms with van der Waals surface area (Å²) in [4.78, 5) is 23.7. The molecule has 6 heterocycles. The van der Waals surface area contributed by atoms with Crippen LogP contribution in [0.3, 0.4) is 0 Å². The van der Waals surface area contributed by atoms with Gasteiger partial charge in [0.1, 0.15) is 23.1 Å². The van der Waals surface area contributed by atoms with Crippen LogP contribution in [0.25, 0.3) is 21.9 Å². The van der Waals surface area contributed by atoms with Crippen molar-refractivity contribution in [3.8, 4) is 11.8 Å². The first-order valence-electron chi connectivity index (χ1n) is 11.3. The fourth-order valence-electron chi connectivity index (χ4n) is 5.80. The molecule has 3 N–H and O–H groups in total. The first-order valence-corrected chi connectivity index (χ1v) is 11.3. The van der Waals surface area contributed by atoms with Crippen molar-refractivity contribution in [1.82, 2.24) is 30.2 Å². The Morgan fingerprint density at radius 1 is 1.18 bits per heavy atom. The minimum atomic E-state index is -0.197. The van der Waals surface area contributed by atoms with Gasteiger partial charge in [0.2, 0.25) is 0 Å². The van der Waals surface area contributed by atoms with Gasteiger partial charge in [-0.1, -0.05) is 0 Å². The molecule has 3 aliphatic heterocycles. The number of halogens is 1. The Hall–Kier alpha value is -3.53. The maximum Gasteiger partial charge on any atom is 0.326 e. The monoisotopic (exact) mass is 446 g/mol. The highest BCUT2D eigenvalue weighted by Gasteiger charge is 2.52. The Kier molecular flexibility index (Phi) is 3.88. The summed E-state index contributed by atoms with van der Waals surface area (Å²) in [6, 6.07) is 2.57. The lowest BCUT2D eigenvalue weighted by Gasteiger charge is -2.58. The van der Waals surface area contributed by atoms with Gasteiger partial charge in [-0.05, 0) is 38.8 Å². The molecule has 0 aliphatic carbocycles. The van der Waals surface area contributed by atoms with Crippen molar-refractivity contribution in [2.24, 2.45) is 0 Å². The molecule has 0 amide bonds. The molecule has 0 unspecified atom stereocenters. The second-order valence-corrected chi connectivity index (χ2v) is 9.00. The van der Waals surface area contributed by atoms with Gasteiger partial charge in [-0.3, -0.25) is 0 Å². The lowest BCUT2D eigenvalue weighted by atomic mass is 9.78. The van der Waals surface area contributed by atoms with Gasteiger partial charge >= 0.3 is 6.01 Å². The van der Waals surface area contributed by atoms with E-state index in [4.69, 9.17) is 9.72 Å². The van der Waals surface area contributed by atoms with E-state index in [1.165, 1.54) is 0 Å². The van der Waals surface area contributed by atoms with E-state index in [9.17, 15) is 0 Å². The number of ether oxygens (including phenoxy) is 1. The molecule has 3 aliphatic rings. The highest BCUT2D eigenvalue weighted by atomic mass is 19.1. The number of benzene rings is 1. The highest BCUT2D eigenvalue weighted by Crippen LogP contribution is 2.48. The molecule has 7 rings (SSSR count). The molecule has 168 valence electrons. The second kappa shape index (κ2) is 6.74. The fourth-order valence-corrected chi connectivity index (χ4v) is 5.80. The Labute approximate surface area is 188 Å². The second-order valence-electron chi connectivity index (χ2n) is 9.00. The zero-order valence-corrected chi connectivity index (χ0v) is 18.3. The Morgan fingerprint density at radius 2 is 2.03 bits per heavy atom. The average molecular weight is 446 g/mol. The van der Waals surface area contributed by atoms with Crippen LogP contribution in [0.5, 0.6) is 11.8 Å². The van der Waals surface area contributed by atoms with E-state index >= 15 is 4.39 Å². The van der Waals surface area contributed by atoms with Gasteiger partial charge in [0, 0.05) is 30.1 Å². The molecule has 0 radical (unpaired) electrons. The maximum absolute atomic E-state index is 15.4. The minimum Gasteiger partial charge on any atom is -0.421 e. The van der Waals surface area contributed by atoms with Crippen molar-refractivity contribution in [1.29, 1.82) is 0 Å². The van der Waals surface area contributed by atoms with Crippen LogP contribution in [0, 0.1) is 12.7 Å². The number of nitrogens with one attached hydrogen (secondary N) is 3. The Bertz CT molecular complexity index is 1420. The topological polar surface area (TPSA) is 104 Å². The SMILES string of the molecule is CNc1cc(F)c2c3c1[nH]c1nc(Oc4cnc(C)nc4)nc(c13)N1[C@H]3CCCN[C@H]3[C@@H]1C2. The van der Waals surface area contributed by atoms with Crippen molar-refractivity contribution in [3.63, 3.8) is 0 Å². The predicted octanol–water partition coefficient (Wildman–Crippen LogP) is 3.05. The van der Waals surface area contributed by atoms with E-state index < -0.39 is 0 Å². The van der Waals surface area contributed by atoms with Gasteiger partial charge in [-0.15, -0.1) is 0 Å². The summed E-state index contributed by atoms with van der Waals surface area (Å²) in [6.45, 7) is 2.81. The van der Waals surface area contributed by atoms with Crippen LogP contribution in [-0.4, -0.2) is 56.6 Å². The van der Waals surface area contributed by atoms with E-state index in [-0.39, 0.29) is 17.9 Å². The number of fused-ring (bicyclic) bond motifs is 5. The van der Waals surface area contributed by atoms with Crippen LogP contribution in [0.1, 0.15) is 24.2 Å². The molecule has 33 heavy (non-hydrogen) atoms. The third-order valence-electron chi connectivity index (χ3n) is 7.24. The number of aryl methyl sites for hydroxylation is 1. The zero-order valence-electron chi connectivity index (χ0n) is 18.3. The number of piperidine rings is 1. The average Bonchev–Trinajstić information content (AvgIpc) is 3.13. The van der Waals surface area contributed by atoms with E-state index in [0.717, 1.165) is 47.1 Å². The number of H-pyrrole nitrogens is 1. The number of rotatable bonds is 3. The van der Waals surface area contributed by atoms with Gasteiger partial charge in [0.25, 0.3) is 0 Å². The first kappa shape index (κ1) is 19.0. The number of aromatic nitrogens is 5. The Morgan fingerprint density at radius 3 is 2.85 bits per heavy atom. The molecule has 0 saturated carbocycles. The third kappa shape index (κ3) is 2.61. The molecular weight excluding hydrogens is 423 g/mol. The molecule has 10 heteroatoms. The summed E-state index contributed by atoms with van der Waals surface area (Å²) in [6.07, 6.45) is 6.02. The molecule has 1 aromatic carbocycles. The van der Waals surface area contributed by atoms with Gasteiger partial charge in [0.15, 0.2) is 5.75 Å². The van der Waals surface area contributed by atoms with E-state index in [1.54, 1.807) is 25.5 Å². The smallest absolute Gasteiger partial charge is 0.326 e. The summed E-state index contributed by atoms with van der Waals surface area (Å²) < 4.78 is 21.3. The number of hydrogen-bond acceptors (Lipinski definition) is 8. The first-order chi connectivity index (χ1) is 16.1. The van der Waals surface area contributed by atoms with Crippen LogP contribution in [0.4, 0.5) is 15.9 Å². The number of hydrogen-bond donors (Lipinski definition) is 3. The molecule has 0 bridgehead atoms. The Balaban J connectivity index is 1.47. The fraction of sp³-hybridized carbons (Fsp3) is 0.391.